The Bertz CT molecular complexity index is 1420. The Balaban J connectivity index is 1.70. The van der Waals surface area contributed by atoms with Crippen LogP contribution in [0, 0.1) is 18.7 Å². The molecule has 3 aromatic rings. The van der Waals surface area contributed by atoms with Crippen molar-refractivity contribution < 1.29 is 19.1 Å². The van der Waals surface area contributed by atoms with E-state index in [2.05, 4.69) is 26.1 Å². The van der Waals surface area contributed by atoms with Crippen molar-refractivity contribution in [3.8, 4) is 0 Å². The van der Waals surface area contributed by atoms with Crippen molar-refractivity contribution in [2.24, 2.45) is 5.92 Å². The minimum atomic E-state index is -0.869. The van der Waals surface area contributed by atoms with Crippen LogP contribution in [0.3, 0.4) is 0 Å². The molecule has 7 heteroatoms. The summed E-state index contributed by atoms with van der Waals surface area (Å²) in [6.45, 7) is 12.5. The molecule has 0 spiro atoms. The van der Waals surface area contributed by atoms with E-state index in [1.807, 2.05) is 60.5 Å². The van der Waals surface area contributed by atoms with Gasteiger partial charge < -0.3 is 20.2 Å². The molecular weight excluding hydrogens is 529 g/mol. The first-order valence-electron chi connectivity index (χ1n) is 14.7. The van der Waals surface area contributed by atoms with Gasteiger partial charge in [0.25, 0.3) is 5.91 Å². The second kappa shape index (κ2) is 12.3. The fraction of sp³-hybridized carbons (Fsp3) is 0.429. The van der Waals surface area contributed by atoms with Gasteiger partial charge in [-0.05, 0) is 92.1 Å². The lowest BCUT2D eigenvalue weighted by Gasteiger charge is -2.41. The zero-order valence-corrected chi connectivity index (χ0v) is 25.9. The third-order valence-electron chi connectivity index (χ3n) is 7.88. The third-order valence-corrected chi connectivity index (χ3v) is 7.88. The number of anilines is 2. The van der Waals surface area contributed by atoms with E-state index in [0.717, 1.165) is 22.4 Å². The quantitative estimate of drug-likeness (QED) is 0.324. The summed E-state index contributed by atoms with van der Waals surface area (Å²) in [6, 6.07) is 19.6. The maximum absolute atomic E-state index is 15.0. The van der Waals surface area contributed by atoms with Crippen LogP contribution in [-0.2, 0) is 10.2 Å². The molecule has 0 saturated carbocycles. The smallest absolute Gasteiger partial charge is 0.257 e. The zero-order valence-electron chi connectivity index (χ0n) is 25.9. The molecule has 2 amide bonds. The van der Waals surface area contributed by atoms with Crippen LogP contribution in [-0.4, -0.2) is 47.6 Å². The molecule has 3 aromatic carbocycles. The number of amides is 2. The van der Waals surface area contributed by atoms with E-state index in [4.69, 9.17) is 0 Å². The van der Waals surface area contributed by atoms with Crippen molar-refractivity contribution in [3.05, 3.63) is 94.8 Å². The summed E-state index contributed by atoms with van der Waals surface area (Å²) in [5.74, 6) is -1.69. The highest BCUT2D eigenvalue weighted by atomic mass is 19.1. The predicted octanol–water partition coefficient (Wildman–Crippen LogP) is 6.87. The summed E-state index contributed by atoms with van der Waals surface area (Å²) in [4.78, 5) is 31.4. The molecule has 1 unspecified atom stereocenters. The molecule has 1 aliphatic heterocycles. The number of rotatable bonds is 7. The monoisotopic (exact) mass is 573 g/mol. The summed E-state index contributed by atoms with van der Waals surface area (Å²) >= 11 is 0. The number of carbonyl (C=O) groups is 2. The van der Waals surface area contributed by atoms with Gasteiger partial charge in [-0.3, -0.25) is 9.59 Å². The molecule has 0 aromatic heterocycles. The lowest BCUT2D eigenvalue weighted by atomic mass is 9.83. The second-order valence-electron chi connectivity index (χ2n) is 13.3. The number of nitrogens with zero attached hydrogens (tertiary/aromatic N) is 2. The van der Waals surface area contributed by atoms with E-state index < -0.39 is 29.3 Å². The molecule has 2 atom stereocenters. The predicted molar refractivity (Wildman–Crippen MR) is 167 cm³/mol. The Hall–Kier alpha value is -3.71. The number of likely N-dealkylation sites (tertiary alicyclic amines) is 1. The van der Waals surface area contributed by atoms with Gasteiger partial charge in [-0.2, -0.15) is 0 Å². The molecular formula is C35H44FN3O3. The van der Waals surface area contributed by atoms with Crippen molar-refractivity contribution >= 4 is 23.2 Å². The highest BCUT2D eigenvalue weighted by Gasteiger charge is 2.40. The van der Waals surface area contributed by atoms with Gasteiger partial charge in [0.05, 0.1) is 23.1 Å². The summed E-state index contributed by atoms with van der Waals surface area (Å²) in [7, 11) is 1.91. The van der Waals surface area contributed by atoms with Gasteiger partial charge >= 0.3 is 0 Å². The van der Waals surface area contributed by atoms with Gasteiger partial charge in [-0.25, -0.2) is 4.39 Å². The van der Waals surface area contributed by atoms with Crippen molar-refractivity contribution in [1.29, 1.82) is 0 Å². The molecule has 4 rings (SSSR count). The summed E-state index contributed by atoms with van der Waals surface area (Å²) in [5, 5.41) is 13.4. The normalized spacial score (nSPS) is 17.6. The van der Waals surface area contributed by atoms with Crippen molar-refractivity contribution in [3.63, 3.8) is 0 Å². The van der Waals surface area contributed by atoms with Gasteiger partial charge in [0.15, 0.2) is 0 Å². The van der Waals surface area contributed by atoms with E-state index in [0.29, 0.717) is 31.6 Å². The molecule has 1 aliphatic rings. The van der Waals surface area contributed by atoms with Crippen LogP contribution in [0.15, 0.2) is 66.7 Å². The minimum absolute atomic E-state index is 0.00562. The molecule has 0 aliphatic carbocycles. The number of carbonyl (C=O) groups excluding carboxylic acids is 2. The molecule has 0 bridgehead atoms. The first kappa shape index (κ1) is 31.2. The van der Waals surface area contributed by atoms with E-state index in [9.17, 15) is 19.1 Å². The van der Waals surface area contributed by atoms with E-state index >= 15 is 0 Å². The zero-order chi connectivity index (χ0) is 30.8. The fourth-order valence-electron chi connectivity index (χ4n) is 5.75. The first-order valence-corrected chi connectivity index (χ1v) is 14.7. The van der Waals surface area contributed by atoms with Crippen LogP contribution in [0.25, 0.3) is 0 Å². The third kappa shape index (κ3) is 7.37. The summed E-state index contributed by atoms with van der Waals surface area (Å²) in [6.07, 6.45) is 1.22. The Kier molecular flexibility index (Phi) is 9.12. The van der Waals surface area contributed by atoms with Crippen LogP contribution in [0.1, 0.15) is 80.6 Å². The van der Waals surface area contributed by atoms with Crippen LogP contribution in [0.5, 0.6) is 0 Å². The second-order valence-corrected chi connectivity index (χ2v) is 13.3. The maximum atomic E-state index is 15.0. The Morgan fingerprint density at radius 3 is 2.33 bits per heavy atom. The summed E-state index contributed by atoms with van der Waals surface area (Å²) < 4.78 is 15.0. The van der Waals surface area contributed by atoms with Crippen molar-refractivity contribution in [2.45, 2.75) is 71.4 Å². The molecule has 1 heterocycles. The molecule has 42 heavy (non-hydrogen) atoms. The molecule has 0 radical (unpaired) electrons. The van der Waals surface area contributed by atoms with Crippen LogP contribution < -0.4 is 10.2 Å². The average molecular weight is 574 g/mol. The highest BCUT2D eigenvalue weighted by molar-refractivity contribution is 5.97. The van der Waals surface area contributed by atoms with E-state index in [1.165, 1.54) is 12.1 Å². The number of hydrogen-bond acceptors (Lipinski definition) is 4. The van der Waals surface area contributed by atoms with E-state index in [-0.39, 0.29) is 16.9 Å². The number of aliphatic hydroxyl groups is 1. The Labute approximate surface area is 249 Å². The Morgan fingerprint density at radius 1 is 1.02 bits per heavy atom. The highest BCUT2D eigenvalue weighted by Crippen LogP contribution is 2.39. The van der Waals surface area contributed by atoms with Crippen molar-refractivity contribution in [2.75, 3.05) is 30.4 Å². The van der Waals surface area contributed by atoms with Crippen LogP contribution in [0.2, 0.25) is 0 Å². The lowest BCUT2D eigenvalue weighted by Crippen LogP contribution is -2.46. The molecule has 1 saturated heterocycles. The summed E-state index contributed by atoms with van der Waals surface area (Å²) in [5.41, 5.74) is 3.33. The number of benzene rings is 3. The molecule has 224 valence electrons. The minimum Gasteiger partial charge on any atom is -0.389 e. The van der Waals surface area contributed by atoms with Gasteiger partial charge in [0.2, 0.25) is 5.91 Å². The number of halogens is 1. The maximum Gasteiger partial charge on any atom is 0.257 e. The number of piperidine rings is 1. The van der Waals surface area contributed by atoms with Gasteiger partial charge in [-0.15, -0.1) is 0 Å². The lowest BCUT2D eigenvalue weighted by molar-refractivity contribution is -0.123. The molecule has 1 fully saturated rings. The average Bonchev–Trinajstić information content (AvgIpc) is 2.91. The first-order chi connectivity index (χ1) is 19.6. The largest absolute Gasteiger partial charge is 0.389 e. The fourth-order valence-corrected chi connectivity index (χ4v) is 5.75. The van der Waals surface area contributed by atoms with E-state index in [1.54, 1.807) is 31.7 Å². The number of likely N-dealkylation sites (N-methyl/N-ethyl adjacent to an activating group) is 1. The van der Waals surface area contributed by atoms with Gasteiger partial charge in [0, 0.05) is 31.5 Å². The van der Waals surface area contributed by atoms with Crippen molar-refractivity contribution in [1.82, 2.24) is 4.90 Å². The topological polar surface area (TPSA) is 72.9 Å². The number of hydrogen-bond donors (Lipinski definition) is 2. The molecule has 2 N–H and O–H groups in total. The number of aryl methyl sites for hydroxylation is 1. The Morgan fingerprint density at radius 2 is 1.71 bits per heavy atom. The van der Waals surface area contributed by atoms with Gasteiger partial charge in [-0.1, -0.05) is 51.1 Å². The van der Waals surface area contributed by atoms with Crippen LogP contribution in [0.4, 0.5) is 15.8 Å². The standard InChI is InChI=1S/C35H44FN3O3/c1-23-13-18-28(30(36)20-23)33(41)39-19-9-12-29(32(40)37-26-11-8-10-25(21-26)34(2,3)4)31(39)24-14-16-27(17-15-24)38(7)22-35(5,6)42/h8,10-11,13-18,20-21,29,31,42H,9,12,19,22H2,1-7H3,(H,37,40)/t29?,31-/m0/s1. The number of nitrogens with one attached hydrogen (secondary N) is 1. The SMILES string of the molecule is Cc1ccc(C(=O)N2CCCC(C(=O)Nc3cccc(C(C)(C)C)c3)[C@@H]2c2ccc(N(C)CC(C)(C)O)cc2)c(F)c1. The van der Waals surface area contributed by atoms with Crippen LogP contribution >= 0.6 is 0 Å². The molecule has 6 nitrogen and oxygen atoms in total. The van der Waals surface area contributed by atoms with Gasteiger partial charge in [0.1, 0.15) is 5.82 Å².